The molecular weight excluding hydrogens is 442 g/mol. The molecule has 0 aliphatic rings. The van der Waals surface area contributed by atoms with E-state index in [1.165, 1.54) is 5.56 Å². The van der Waals surface area contributed by atoms with E-state index in [1.54, 1.807) is 23.7 Å². The monoisotopic (exact) mass is 469 g/mol. The molecule has 168 valence electrons. The summed E-state index contributed by atoms with van der Waals surface area (Å²) in [7, 11) is 0. The first-order valence-corrected chi connectivity index (χ1v) is 11.4. The summed E-state index contributed by atoms with van der Waals surface area (Å²) < 4.78 is 1.10. The fourth-order valence-corrected chi connectivity index (χ4v) is 4.70. The number of aromatic nitrogens is 3. The van der Waals surface area contributed by atoms with Crippen LogP contribution in [0.1, 0.15) is 35.3 Å². The molecule has 0 bridgehead atoms. The number of rotatable bonds is 7. The van der Waals surface area contributed by atoms with Gasteiger partial charge in [-0.15, -0.1) is 12.4 Å². The Bertz CT molecular complexity index is 1240. The molecule has 6 nitrogen and oxygen atoms in total. The van der Waals surface area contributed by atoms with E-state index in [1.807, 2.05) is 23.1 Å². The number of hydrogen-bond donors (Lipinski definition) is 0. The van der Waals surface area contributed by atoms with E-state index >= 15 is 0 Å². The molecule has 4 rings (SSSR count). The molecule has 0 spiro atoms. The second kappa shape index (κ2) is 10.3. The quantitative estimate of drug-likeness (QED) is 0.369. The third-order valence-electron chi connectivity index (χ3n) is 5.80. The SMILES string of the molecule is CCN(CC)CCN(C(=O)c1ccc2nccnc2c1)c1nc2c(C)c(C)ccc2s1.Cl. The third kappa shape index (κ3) is 4.75. The Labute approximate surface area is 198 Å². The number of carbonyl (C=O) groups excluding carboxylic acids is 1. The Morgan fingerprint density at radius 2 is 1.69 bits per heavy atom. The van der Waals surface area contributed by atoms with E-state index in [4.69, 9.17) is 4.98 Å². The van der Waals surface area contributed by atoms with Gasteiger partial charge in [-0.25, -0.2) is 4.98 Å². The summed E-state index contributed by atoms with van der Waals surface area (Å²) in [5, 5.41) is 0.736. The predicted molar refractivity (Wildman–Crippen MR) is 135 cm³/mol. The average Bonchev–Trinajstić information content (AvgIpc) is 3.23. The maximum atomic E-state index is 13.6. The van der Waals surface area contributed by atoms with Gasteiger partial charge in [-0.1, -0.05) is 31.3 Å². The molecule has 0 N–H and O–H groups in total. The van der Waals surface area contributed by atoms with Crippen LogP contribution >= 0.6 is 23.7 Å². The summed E-state index contributed by atoms with van der Waals surface area (Å²) in [5.74, 6) is -0.0619. The number of benzene rings is 2. The van der Waals surface area contributed by atoms with Crippen molar-refractivity contribution in [2.24, 2.45) is 0 Å². The molecule has 2 aromatic carbocycles. The van der Waals surface area contributed by atoms with Crippen molar-refractivity contribution in [1.29, 1.82) is 0 Å². The van der Waals surface area contributed by atoms with Gasteiger partial charge in [0.25, 0.3) is 5.91 Å². The van der Waals surface area contributed by atoms with E-state index in [2.05, 4.69) is 54.7 Å². The van der Waals surface area contributed by atoms with Crippen LogP contribution < -0.4 is 4.90 Å². The number of hydrogen-bond acceptors (Lipinski definition) is 6. The topological polar surface area (TPSA) is 62.2 Å². The Hall–Kier alpha value is -2.61. The molecule has 0 saturated heterocycles. The lowest BCUT2D eigenvalue weighted by atomic mass is 10.1. The first-order valence-electron chi connectivity index (χ1n) is 10.6. The van der Waals surface area contributed by atoms with Gasteiger partial charge >= 0.3 is 0 Å². The second-order valence-electron chi connectivity index (χ2n) is 7.59. The van der Waals surface area contributed by atoms with Crippen LogP contribution in [-0.2, 0) is 0 Å². The van der Waals surface area contributed by atoms with E-state index < -0.39 is 0 Å². The fourth-order valence-electron chi connectivity index (χ4n) is 3.65. The molecule has 2 heterocycles. The Balaban J connectivity index is 0.00000289. The number of carbonyl (C=O) groups is 1. The van der Waals surface area contributed by atoms with Crippen LogP contribution in [0.3, 0.4) is 0 Å². The van der Waals surface area contributed by atoms with E-state index in [0.29, 0.717) is 17.6 Å². The minimum absolute atomic E-state index is 0. The molecule has 0 unspecified atom stereocenters. The molecule has 0 atom stereocenters. The summed E-state index contributed by atoms with van der Waals surface area (Å²) in [6, 6.07) is 9.70. The Morgan fingerprint density at radius 1 is 0.969 bits per heavy atom. The number of amides is 1. The lowest BCUT2D eigenvalue weighted by Crippen LogP contribution is -2.38. The molecule has 4 aromatic rings. The van der Waals surface area contributed by atoms with Crippen molar-refractivity contribution < 1.29 is 4.79 Å². The summed E-state index contributed by atoms with van der Waals surface area (Å²) in [5.41, 5.74) is 5.44. The zero-order valence-corrected chi connectivity index (χ0v) is 20.5. The molecule has 1 amide bonds. The van der Waals surface area contributed by atoms with Gasteiger partial charge in [0.15, 0.2) is 5.13 Å². The molecular formula is C24H28ClN5OS. The van der Waals surface area contributed by atoms with Crippen LogP contribution in [0.15, 0.2) is 42.7 Å². The third-order valence-corrected chi connectivity index (χ3v) is 6.84. The number of nitrogens with zero attached hydrogens (tertiary/aromatic N) is 5. The van der Waals surface area contributed by atoms with Crippen molar-refractivity contribution in [3.63, 3.8) is 0 Å². The number of halogens is 1. The van der Waals surface area contributed by atoms with Crippen molar-refractivity contribution in [2.75, 3.05) is 31.1 Å². The van der Waals surface area contributed by atoms with Crippen molar-refractivity contribution in [3.05, 3.63) is 59.4 Å². The minimum Gasteiger partial charge on any atom is -0.302 e. The highest BCUT2D eigenvalue weighted by atomic mass is 35.5. The predicted octanol–water partition coefficient (Wildman–Crippen LogP) is 5.27. The standard InChI is InChI=1S/C24H27N5OS.ClH/c1-5-28(6-2)13-14-29(24-27-22-17(4)16(3)7-10-21(22)31-24)23(30)18-8-9-19-20(15-18)26-12-11-25-19;/h7-12,15H,5-6,13-14H2,1-4H3;1H. The van der Waals surface area contributed by atoms with Crippen LogP contribution in [0.4, 0.5) is 5.13 Å². The van der Waals surface area contributed by atoms with Gasteiger partial charge in [-0.2, -0.15) is 0 Å². The molecule has 0 aliphatic heterocycles. The lowest BCUT2D eigenvalue weighted by molar-refractivity contribution is 0.0984. The van der Waals surface area contributed by atoms with Crippen molar-refractivity contribution >= 4 is 56.0 Å². The highest BCUT2D eigenvalue weighted by Gasteiger charge is 2.23. The average molecular weight is 470 g/mol. The van der Waals surface area contributed by atoms with Gasteiger partial charge in [0.2, 0.25) is 0 Å². The molecule has 2 aromatic heterocycles. The smallest absolute Gasteiger partial charge is 0.260 e. The number of thiazole rings is 1. The number of aryl methyl sites for hydroxylation is 2. The van der Waals surface area contributed by atoms with Gasteiger partial charge in [0.1, 0.15) is 0 Å². The van der Waals surface area contributed by atoms with Crippen LogP contribution in [0.2, 0.25) is 0 Å². The van der Waals surface area contributed by atoms with Gasteiger partial charge in [-0.05, 0) is 62.3 Å². The molecule has 0 aliphatic carbocycles. The molecule has 0 saturated carbocycles. The second-order valence-corrected chi connectivity index (χ2v) is 8.60. The summed E-state index contributed by atoms with van der Waals surface area (Å²) >= 11 is 1.57. The highest BCUT2D eigenvalue weighted by molar-refractivity contribution is 7.22. The van der Waals surface area contributed by atoms with E-state index in [-0.39, 0.29) is 18.3 Å². The molecule has 0 radical (unpaired) electrons. The van der Waals surface area contributed by atoms with Crippen LogP contribution in [-0.4, -0.2) is 51.9 Å². The number of fused-ring (bicyclic) bond motifs is 2. The van der Waals surface area contributed by atoms with E-state index in [0.717, 1.165) is 46.1 Å². The van der Waals surface area contributed by atoms with Gasteiger partial charge in [0.05, 0.1) is 21.3 Å². The van der Waals surface area contributed by atoms with Crippen LogP contribution in [0, 0.1) is 13.8 Å². The maximum Gasteiger partial charge on any atom is 0.260 e. The highest BCUT2D eigenvalue weighted by Crippen LogP contribution is 2.32. The molecule has 8 heteroatoms. The normalized spacial score (nSPS) is 11.2. The molecule has 32 heavy (non-hydrogen) atoms. The molecule has 0 fully saturated rings. The maximum absolute atomic E-state index is 13.6. The van der Waals surface area contributed by atoms with Gasteiger partial charge in [-0.3, -0.25) is 19.7 Å². The van der Waals surface area contributed by atoms with Crippen molar-refractivity contribution in [2.45, 2.75) is 27.7 Å². The zero-order chi connectivity index (χ0) is 22.0. The Morgan fingerprint density at radius 3 is 2.41 bits per heavy atom. The lowest BCUT2D eigenvalue weighted by Gasteiger charge is -2.24. The van der Waals surface area contributed by atoms with Crippen molar-refractivity contribution in [3.8, 4) is 0 Å². The number of likely N-dealkylation sites (N-methyl/N-ethyl adjacent to an activating group) is 1. The van der Waals surface area contributed by atoms with Gasteiger partial charge < -0.3 is 4.90 Å². The van der Waals surface area contributed by atoms with Crippen LogP contribution in [0.25, 0.3) is 21.3 Å². The summed E-state index contributed by atoms with van der Waals surface area (Å²) in [6.07, 6.45) is 3.30. The van der Waals surface area contributed by atoms with E-state index in [9.17, 15) is 4.79 Å². The minimum atomic E-state index is -0.0619. The first-order chi connectivity index (χ1) is 15.0. The Kier molecular flexibility index (Phi) is 7.77. The van der Waals surface area contributed by atoms with Crippen molar-refractivity contribution in [1.82, 2.24) is 19.9 Å². The largest absolute Gasteiger partial charge is 0.302 e. The summed E-state index contributed by atoms with van der Waals surface area (Å²) in [6.45, 7) is 11.7. The van der Waals surface area contributed by atoms with Gasteiger partial charge in [0, 0.05) is 31.0 Å². The number of anilines is 1. The zero-order valence-electron chi connectivity index (χ0n) is 18.8. The first kappa shape index (κ1) is 24.0. The van der Waals surface area contributed by atoms with Crippen LogP contribution in [0.5, 0.6) is 0 Å². The summed E-state index contributed by atoms with van der Waals surface area (Å²) in [4.78, 5) is 31.3. The fraction of sp³-hybridized carbons (Fsp3) is 0.333.